The molecule has 2 aromatic heterocycles. The molecular weight excluding hydrogens is 687 g/mol. The molecule has 0 aliphatic carbocycles. The van der Waals surface area contributed by atoms with Gasteiger partial charge in [-0.2, -0.15) is 0 Å². The second-order valence-corrected chi connectivity index (χ2v) is 15.2. The quantitative estimate of drug-likeness (QED) is 0.170. The topological polar surface area (TPSA) is 16.4 Å². The maximum Gasteiger partial charge on any atom is 0.143 e. The number of thiophene rings is 1. The third-order valence-corrected chi connectivity index (χ3v) is 12.0. The standard InChI is InChI=1S/C52H33NOS/c1-2-13-34(14-3-1)35-27-29-39(30-28-35)53(47-23-12-26-50-51(47)46-19-7-9-25-49(46)55-50)40-32-37(42-20-10-16-36-15-4-5-17-41(36)42)31-38(33-40)43-21-11-22-45-44-18-6-8-24-48(44)54-52(43)45/h1-33H. The minimum atomic E-state index is 0.895. The Morgan fingerprint density at radius 1 is 0.382 bits per heavy atom. The van der Waals surface area contributed by atoms with Crippen molar-refractivity contribution in [2.24, 2.45) is 0 Å². The second kappa shape index (κ2) is 12.9. The van der Waals surface area contributed by atoms with Crippen LogP contribution in [0, 0.1) is 0 Å². The van der Waals surface area contributed by atoms with E-state index in [1.54, 1.807) is 0 Å². The molecule has 0 saturated carbocycles. The van der Waals surface area contributed by atoms with Crippen molar-refractivity contribution in [3.63, 3.8) is 0 Å². The maximum atomic E-state index is 6.66. The van der Waals surface area contributed by atoms with E-state index in [1.165, 1.54) is 47.6 Å². The number of hydrogen-bond donors (Lipinski definition) is 0. The second-order valence-electron chi connectivity index (χ2n) is 14.1. The predicted octanol–water partition coefficient (Wildman–Crippen LogP) is 15.6. The summed E-state index contributed by atoms with van der Waals surface area (Å²) in [4.78, 5) is 2.45. The number of benzene rings is 9. The van der Waals surface area contributed by atoms with Crippen LogP contribution in [0.4, 0.5) is 17.1 Å². The Kier molecular flexibility index (Phi) is 7.39. The van der Waals surface area contributed by atoms with Crippen LogP contribution in [0.25, 0.3) is 86.3 Å². The average molecular weight is 720 g/mol. The first-order valence-corrected chi connectivity index (χ1v) is 19.5. The normalized spacial score (nSPS) is 11.6. The largest absolute Gasteiger partial charge is 0.455 e. The molecular formula is C52H33NOS. The van der Waals surface area contributed by atoms with Gasteiger partial charge in [-0.25, -0.2) is 0 Å². The molecule has 0 amide bonds. The number of fused-ring (bicyclic) bond motifs is 7. The summed E-state index contributed by atoms with van der Waals surface area (Å²) in [5.41, 5.74) is 12.0. The first-order chi connectivity index (χ1) is 27.3. The highest BCUT2D eigenvalue weighted by molar-refractivity contribution is 7.26. The fourth-order valence-corrected chi connectivity index (χ4v) is 9.43. The van der Waals surface area contributed by atoms with Crippen LogP contribution in [0.1, 0.15) is 0 Å². The van der Waals surface area contributed by atoms with Gasteiger partial charge in [0.25, 0.3) is 0 Å². The Labute approximate surface area is 322 Å². The van der Waals surface area contributed by atoms with Crippen molar-refractivity contribution in [2.45, 2.75) is 0 Å². The van der Waals surface area contributed by atoms with Crippen molar-refractivity contribution in [2.75, 3.05) is 4.90 Å². The van der Waals surface area contributed by atoms with Crippen molar-refractivity contribution in [1.82, 2.24) is 0 Å². The molecule has 0 N–H and O–H groups in total. The molecule has 0 saturated heterocycles. The zero-order valence-electron chi connectivity index (χ0n) is 29.8. The van der Waals surface area contributed by atoms with E-state index in [4.69, 9.17) is 4.42 Å². The first kappa shape index (κ1) is 31.6. The molecule has 0 spiro atoms. The number of rotatable bonds is 6. The Morgan fingerprint density at radius 2 is 1.00 bits per heavy atom. The summed E-state index contributed by atoms with van der Waals surface area (Å²) < 4.78 is 9.21. The Hall–Kier alpha value is -6.94. The van der Waals surface area contributed by atoms with Crippen molar-refractivity contribution < 1.29 is 4.42 Å². The number of para-hydroxylation sites is 2. The molecule has 11 rings (SSSR count). The van der Waals surface area contributed by atoms with E-state index < -0.39 is 0 Å². The molecule has 55 heavy (non-hydrogen) atoms. The molecule has 2 heterocycles. The smallest absolute Gasteiger partial charge is 0.143 e. The van der Waals surface area contributed by atoms with E-state index >= 15 is 0 Å². The molecule has 0 radical (unpaired) electrons. The van der Waals surface area contributed by atoms with Crippen LogP contribution in [0.2, 0.25) is 0 Å². The molecule has 0 unspecified atom stereocenters. The van der Waals surface area contributed by atoms with Crippen LogP contribution in [-0.2, 0) is 0 Å². The van der Waals surface area contributed by atoms with Gasteiger partial charge in [-0.3, -0.25) is 0 Å². The summed E-state index contributed by atoms with van der Waals surface area (Å²) >= 11 is 1.85. The van der Waals surface area contributed by atoms with Crippen molar-refractivity contribution in [1.29, 1.82) is 0 Å². The van der Waals surface area contributed by atoms with Gasteiger partial charge in [-0.15, -0.1) is 11.3 Å². The van der Waals surface area contributed by atoms with Crippen LogP contribution >= 0.6 is 11.3 Å². The van der Waals surface area contributed by atoms with Gasteiger partial charge in [0.2, 0.25) is 0 Å². The summed E-state index contributed by atoms with van der Waals surface area (Å²) in [6.45, 7) is 0. The lowest BCUT2D eigenvalue weighted by Crippen LogP contribution is -2.11. The van der Waals surface area contributed by atoms with Gasteiger partial charge in [-0.1, -0.05) is 146 Å². The third kappa shape index (κ3) is 5.32. The van der Waals surface area contributed by atoms with E-state index in [2.05, 4.69) is 199 Å². The highest BCUT2D eigenvalue weighted by Crippen LogP contribution is 2.47. The van der Waals surface area contributed by atoms with Crippen molar-refractivity contribution in [3.8, 4) is 33.4 Å². The molecule has 3 heteroatoms. The zero-order chi connectivity index (χ0) is 36.3. The fourth-order valence-electron chi connectivity index (χ4n) is 8.31. The number of hydrogen-bond acceptors (Lipinski definition) is 3. The van der Waals surface area contributed by atoms with Gasteiger partial charge >= 0.3 is 0 Å². The molecule has 9 aromatic carbocycles. The molecule has 0 fully saturated rings. The van der Waals surface area contributed by atoms with Gasteiger partial charge in [0.05, 0.1) is 5.69 Å². The van der Waals surface area contributed by atoms with E-state index in [9.17, 15) is 0 Å². The predicted molar refractivity (Wildman–Crippen MR) is 235 cm³/mol. The first-order valence-electron chi connectivity index (χ1n) is 18.7. The summed E-state index contributed by atoms with van der Waals surface area (Å²) in [5, 5.41) is 7.20. The molecule has 0 aliphatic heterocycles. The summed E-state index contributed by atoms with van der Waals surface area (Å²) in [6, 6.07) is 72.3. The van der Waals surface area contributed by atoms with Crippen LogP contribution in [0.3, 0.4) is 0 Å². The van der Waals surface area contributed by atoms with Crippen LogP contribution in [0.5, 0.6) is 0 Å². The minimum absolute atomic E-state index is 0.895. The Morgan fingerprint density at radius 3 is 1.87 bits per heavy atom. The Balaban J connectivity index is 1.21. The van der Waals surface area contributed by atoms with Gasteiger partial charge in [-0.05, 0) is 93.2 Å². The Bertz CT molecular complexity index is 3200. The summed E-state index contributed by atoms with van der Waals surface area (Å²) in [7, 11) is 0. The lowest BCUT2D eigenvalue weighted by Gasteiger charge is -2.28. The van der Waals surface area contributed by atoms with Gasteiger partial charge in [0.15, 0.2) is 0 Å². The molecule has 258 valence electrons. The SMILES string of the molecule is c1ccc(-c2ccc(N(c3cc(-c4cccc5ccccc45)cc(-c4cccc5c4oc4ccccc45)c3)c3cccc4sc5ccccc5c34)cc2)cc1. The summed E-state index contributed by atoms with van der Waals surface area (Å²) in [6.07, 6.45) is 0. The molecule has 0 aliphatic rings. The zero-order valence-corrected chi connectivity index (χ0v) is 30.6. The van der Waals surface area contributed by atoms with E-state index in [0.29, 0.717) is 0 Å². The highest BCUT2D eigenvalue weighted by Gasteiger charge is 2.22. The average Bonchev–Trinajstić information content (AvgIpc) is 3.83. The highest BCUT2D eigenvalue weighted by atomic mass is 32.1. The van der Waals surface area contributed by atoms with Gasteiger partial charge in [0, 0.05) is 47.9 Å². The number of anilines is 3. The summed E-state index contributed by atoms with van der Waals surface area (Å²) in [5.74, 6) is 0. The lowest BCUT2D eigenvalue weighted by atomic mass is 9.93. The fraction of sp³-hybridized carbons (Fsp3) is 0. The van der Waals surface area contributed by atoms with E-state index in [1.807, 2.05) is 17.4 Å². The third-order valence-electron chi connectivity index (χ3n) is 10.8. The van der Waals surface area contributed by atoms with Crippen LogP contribution < -0.4 is 4.90 Å². The van der Waals surface area contributed by atoms with E-state index in [-0.39, 0.29) is 0 Å². The van der Waals surface area contributed by atoms with E-state index in [0.717, 1.165) is 55.7 Å². The molecule has 11 aromatic rings. The monoisotopic (exact) mass is 719 g/mol. The molecule has 2 nitrogen and oxygen atoms in total. The number of furan rings is 1. The van der Waals surface area contributed by atoms with Gasteiger partial charge < -0.3 is 9.32 Å². The lowest BCUT2D eigenvalue weighted by molar-refractivity contribution is 0.670. The molecule has 0 atom stereocenters. The molecule has 0 bridgehead atoms. The number of nitrogens with zero attached hydrogens (tertiary/aromatic N) is 1. The van der Waals surface area contributed by atoms with Crippen LogP contribution in [-0.4, -0.2) is 0 Å². The maximum absolute atomic E-state index is 6.66. The van der Waals surface area contributed by atoms with Crippen molar-refractivity contribution >= 4 is 81.3 Å². The van der Waals surface area contributed by atoms with Crippen molar-refractivity contribution in [3.05, 3.63) is 200 Å². The minimum Gasteiger partial charge on any atom is -0.455 e. The van der Waals surface area contributed by atoms with Crippen LogP contribution in [0.15, 0.2) is 205 Å². The van der Waals surface area contributed by atoms with Gasteiger partial charge in [0.1, 0.15) is 11.2 Å².